The Bertz CT molecular complexity index is 639. The summed E-state index contributed by atoms with van der Waals surface area (Å²) in [5.41, 5.74) is 7.02. The molecule has 2 atom stereocenters. The van der Waals surface area contributed by atoms with Crippen molar-refractivity contribution < 1.29 is 19.1 Å². The van der Waals surface area contributed by atoms with Crippen molar-refractivity contribution in [1.82, 2.24) is 4.90 Å². The molecule has 2 aliphatic rings. The number of anilines is 1. The monoisotopic (exact) mass is 385 g/mol. The molecule has 2 saturated heterocycles. The average Bonchev–Trinajstić information content (AvgIpc) is 3.18. The van der Waals surface area contributed by atoms with Gasteiger partial charge in [-0.1, -0.05) is 23.9 Å². The quantitative estimate of drug-likeness (QED) is 0.800. The first kappa shape index (κ1) is 19.7. The second-order valence-electron chi connectivity index (χ2n) is 5.78. The Morgan fingerprint density at radius 1 is 1.28 bits per heavy atom. The third-order valence-electron chi connectivity index (χ3n) is 4.07. The van der Waals surface area contributed by atoms with Crippen molar-refractivity contribution in [3.63, 3.8) is 0 Å². The minimum absolute atomic E-state index is 0. The van der Waals surface area contributed by atoms with E-state index in [-0.39, 0.29) is 47.9 Å². The van der Waals surface area contributed by atoms with Crippen molar-refractivity contribution in [2.75, 3.05) is 17.6 Å². The fraction of sp³-hybridized carbons (Fsp3) is 0.438. The van der Waals surface area contributed by atoms with Gasteiger partial charge in [-0.3, -0.25) is 19.3 Å². The SMILES string of the molecule is Cl.NC[C@H]1CC[C@@H](C(=O)Nc2ccc(CN3C(=O)CSC3=O)cc2)O1. The zero-order valence-electron chi connectivity index (χ0n) is 13.5. The van der Waals surface area contributed by atoms with E-state index < -0.39 is 6.10 Å². The molecular formula is C16H20ClN3O4S. The van der Waals surface area contributed by atoms with Gasteiger partial charge < -0.3 is 15.8 Å². The van der Waals surface area contributed by atoms with E-state index in [0.29, 0.717) is 18.7 Å². The van der Waals surface area contributed by atoms with Gasteiger partial charge in [0.1, 0.15) is 6.10 Å². The van der Waals surface area contributed by atoms with Gasteiger partial charge in [0.15, 0.2) is 0 Å². The number of hydrogen-bond donors (Lipinski definition) is 2. The molecule has 1 aromatic carbocycles. The molecule has 7 nitrogen and oxygen atoms in total. The van der Waals surface area contributed by atoms with Gasteiger partial charge in [-0.15, -0.1) is 12.4 Å². The number of nitrogens with two attached hydrogens (primary N) is 1. The zero-order valence-corrected chi connectivity index (χ0v) is 15.1. The Hall–Kier alpha value is -1.61. The Labute approximate surface area is 156 Å². The molecule has 0 aromatic heterocycles. The van der Waals surface area contributed by atoms with Crippen LogP contribution in [0, 0.1) is 0 Å². The van der Waals surface area contributed by atoms with Gasteiger partial charge in [-0.05, 0) is 30.5 Å². The fourth-order valence-corrected chi connectivity index (χ4v) is 3.43. The highest BCUT2D eigenvalue weighted by molar-refractivity contribution is 8.14. The van der Waals surface area contributed by atoms with Crippen LogP contribution in [0.25, 0.3) is 0 Å². The molecule has 136 valence electrons. The predicted octanol–water partition coefficient (Wildman–Crippen LogP) is 1.75. The van der Waals surface area contributed by atoms with Gasteiger partial charge in [0, 0.05) is 12.2 Å². The summed E-state index contributed by atoms with van der Waals surface area (Å²) in [5, 5.41) is 2.59. The summed E-state index contributed by atoms with van der Waals surface area (Å²) in [5.74, 6) is -0.145. The van der Waals surface area contributed by atoms with Crippen LogP contribution in [0.3, 0.4) is 0 Å². The first-order valence-electron chi connectivity index (χ1n) is 7.79. The third-order valence-corrected chi connectivity index (χ3v) is 4.92. The summed E-state index contributed by atoms with van der Waals surface area (Å²) in [7, 11) is 0. The van der Waals surface area contributed by atoms with Crippen LogP contribution in [-0.4, -0.2) is 46.5 Å². The lowest BCUT2D eigenvalue weighted by atomic mass is 10.1. The Balaban J connectivity index is 0.00000225. The molecule has 3 amide bonds. The number of halogens is 1. The number of carbonyl (C=O) groups excluding carboxylic acids is 3. The molecule has 2 heterocycles. The van der Waals surface area contributed by atoms with Crippen LogP contribution in [0.2, 0.25) is 0 Å². The lowest BCUT2D eigenvalue weighted by molar-refractivity contribution is -0.126. The van der Waals surface area contributed by atoms with E-state index in [4.69, 9.17) is 10.5 Å². The molecule has 0 unspecified atom stereocenters. The largest absolute Gasteiger partial charge is 0.364 e. The molecule has 3 N–H and O–H groups in total. The number of thioether (sulfide) groups is 1. The van der Waals surface area contributed by atoms with Crippen LogP contribution in [-0.2, 0) is 20.9 Å². The van der Waals surface area contributed by atoms with Crippen molar-refractivity contribution in [3.05, 3.63) is 29.8 Å². The number of hydrogen-bond acceptors (Lipinski definition) is 6. The lowest BCUT2D eigenvalue weighted by Crippen LogP contribution is -2.30. The molecule has 9 heteroatoms. The topological polar surface area (TPSA) is 102 Å². The highest BCUT2D eigenvalue weighted by Gasteiger charge is 2.30. The van der Waals surface area contributed by atoms with Gasteiger partial charge in [-0.25, -0.2) is 0 Å². The maximum absolute atomic E-state index is 12.1. The van der Waals surface area contributed by atoms with Crippen LogP contribution in [0.5, 0.6) is 0 Å². The van der Waals surface area contributed by atoms with Crippen molar-refractivity contribution in [2.24, 2.45) is 5.73 Å². The molecule has 2 fully saturated rings. The second-order valence-corrected chi connectivity index (χ2v) is 6.71. The maximum Gasteiger partial charge on any atom is 0.289 e. The first-order chi connectivity index (χ1) is 11.6. The molecule has 2 aliphatic heterocycles. The van der Waals surface area contributed by atoms with Gasteiger partial charge in [0.2, 0.25) is 5.91 Å². The minimum Gasteiger partial charge on any atom is -0.364 e. The predicted molar refractivity (Wildman–Crippen MR) is 97.7 cm³/mol. The van der Waals surface area contributed by atoms with E-state index in [1.807, 2.05) is 0 Å². The smallest absolute Gasteiger partial charge is 0.289 e. The second kappa shape index (κ2) is 8.66. The number of nitrogens with zero attached hydrogens (tertiary/aromatic N) is 1. The van der Waals surface area contributed by atoms with Crippen LogP contribution >= 0.6 is 24.2 Å². The van der Waals surface area contributed by atoms with Crippen molar-refractivity contribution >= 4 is 46.9 Å². The van der Waals surface area contributed by atoms with E-state index >= 15 is 0 Å². The summed E-state index contributed by atoms with van der Waals surface area (Å²) in [6.45, 7) is 0.674. The molecule has 1 aromatic rings. The highest BCUT2D eigenvalue weighted by atomic mass is 35.5. The molecular weight excluding hydrogens is 366 g/mol. The molecule has 3 rings (SSSR count). The number of imide groups is 1. The summed E-state index contributed by atoms with van der Waals surface area (Å²) < 4.78 is 5.56. The normalized spacial score (nSPS) is 22.8. The highest BCUT2D eigenvalue weighted by Crippen LogP contribution is 2.23. The van der Waals surface area contributed by atoms with Gasteiger partial charge in [0.05, 0.1) is 18.4 Å². The van der Waals surface area contributed by atoms with Crippen LogP contribution in [0.4, 0.5) is 10.5 Å². The Morgan fingerprint density at radius 2 is 2.00 bits per heavy atom. The van der Waals surface area contributed by atoms with E-state index in [0.717, 1.165) is 23.7 Å². The van der Waals surface area contributed by atoms with Gasteiger partial charge in [-0.2, -0.15) is 0 Å². The standard InChI is InChI=1S/C16H19N3O4S.ClH/c17-7-12-5-6-13(23-12)15(21)18-11-3-1-10(2-4-11)8-19-14(20)9-24-16(19)22;/h1-4,12-13H,5-9,17H2,(H,18,21);1H/t12-,13+;/m1./s1. The van der Waals surface area contributed by atoms with E-state index in [2.05, 4.69) is 5.32 Å². The molecule has 0 aliphatic carbocycles. The summed E-state index contributed by atoms with van der Waals surface area (Å²) >= 11 is 1.02. The van der Waals surface area contributed by atoms with E-state index in [1.54, 1.807) is 24.3 Å². The van der Waals surface area contributed by atoms with Gasteiger partial charge >= 0.3 is 0 Å². The van der Waals surface area contributed by atoms with Crippen LogP contribution in [0.1, 0.15) is 18.4 Å². The summed E-state index contributed by atoms with van der Waals surface area (Å²) in [6.07, 6.45) is 0.957. The maximum atomic E-state index is 12.1. The van der Waals surface area contributed by atoms with Crippen LogP contribution in [0.15, 0.2) is 24.3 Å². The third kappa shape index (κ3) is 4.72. The number of amides is 3. The fourth-order valence-electron chi connectivity index (χ4n) is 2.70. The number of carbonyl (C=O) groups is 3. The van der Waals surface area contributed by atoms with Crippen LogP contribution < -0.4 is 11.1 Å². The van der Waals surface area contributed by atoms with Crippen molar-refractivity contribution in [2.45, 2.75) is 31.6 Å². The summed E-state index contributed by atoms with van der Waals surface area (Å²) in [4.78, 5) is 36.6. The lowest BCUT2D eigenvalue weighted by Gasteiger charge is -2.14. The molecule has 25 heavy (non-hydrogen) atoms. The number of rotatable bonds is 5. The van der Waals surface area contributed by atoms with Crippen molar-refractivity contribution in [3.8, 4) is 0 Å². The Kier molecular flexibility index (Phi) is 6.83. The van der Waals surface area contributed by atoms with Gasteiger partial charge in [0.25, 0.3) is 11.1 Å². The number of ether oxygens (including phenoxy) is 1. The van der Waals surface area contributed by atoms with E-state index in [1.165, 1.54) is 4.90 Å². The molecule has 0 radical (unpaired) electrons. The minimum atomic E-state index is -0.463. The number of benzene rings is 1. The average molecular weight is 386 g/mol. The zero-order chi connectivity index (χ0) is 17.1. The summed E-state index contributed by atoms with van der Waals surface area (Å²) in [6, 6.07) is 7.08. The van der Waals surface area contributed by atoms with Crippen molar-refractivity contribution in [1.29, 1.82) is 0 Å². The molecule has 0 spiro atoms. The first-order valence-corrected chi connectivity index (χ1v) is 8.78. The Morgan fingerprint density at radius 3 is 2.56 bits per heavy atom. The molecule has 0 bridgehead atoms. The van der Waals surface area contributed by atoms with E-state index in [9.17, 15) is 14.4 Å². The number of nitrogens with one attached hydrogen (secondary N) is 1. The molecule has 0 saturated carbocycles.